The van der Waals surface area contributed by atoms with E-state index in [0.29, 0.717) is 16.6 Å². The van der Waals surface area contributed by atoms with Gasteiger partial charge in [-0.1, -0.05) is 71.4 Å². The predicted molar refractivity (Wildman–Crippen MR) is 120 cm³/mol. The Bertz CT molecular complexity index is 801. The third-order valence-corrected chi connectivity index (χ3v) is 6.64. The molecule has 0 amide bonds. The van der Waals surface area contributed by atoms with E-state index in [2.05, 4.69) is 11.5 Å². The number of halogens is 2. The molecule has 0 aliphatic carbocycles. The fourth-order valence-electron chi connectivity index (χ4n) is 2.54. The first kappa shape index (κ1) is 21.3. The van der Waals surface area contributed by atoms with Crippen LogP contribution in [0.5, 0.6) is 0 Å². The summed E-state index contributed by atoms with van der Waals surface area (Å²) in [5, 5.41) is 1.14. The molecular formula is C20H21Cl2NOS2. The van der Waals surface area contributed by atoms with Crippen LogP contribution >= 0.6 is 35.0 Å². The second-order valence-electron chi connectivity index (χ2n) is 5.79. The highest BCUT2D eigenvalue weighted by Crippen LogP contribution is 2.40. The van der Waals surface area contributed by atoms with Crippen LogP contribution in [0, 0.1) is 0 Å². The van der Waals surface area contributed by atoms with Gasteiger partial charge in [0.2, 0.25) is 0 Å². The summed E-state index contributed by atoms with van der Waals surface area (Å²) in [6.07, 6.45) is 5.56. The highest BCUT2D eigenvalue weighted by molar-refractivity contribution is 8.18. The van der Waals surface area contributed by atoms with E-state index in [1.165, 1.54) is 11.8 Å². The van der Waals surface area contributed by atoms with E-state index < -0.39 is 11.2 Å². The second-order valence-corrected chi connectivity index (χ2v) is 9.06. The first-order valence-corrected chi connectivity index (χ1v) is 11.4. The minimum absolute atomic E-state index is 0.568. The normalized spacial score (nSPS) is 12.8. The fraction of sp³-hybridized carbons (Fsp3) is 0.200. The highest BCUT2D eigenvalue weighted by atomic mass is 35.5. The van der Waals surface area contributed by atoms with Crippen molar-refractivity contribution in [1.29, 1.82) is 0 Å². The standard InChI is InChI=1S/C20H21Cl2NOS2/c1-14(2)13-23(20-16(21)9-7-10-17(20)22)18-11-6-5-8-15(18)12-19(25-3)26(4)24/h5-12H,1,13H2,2-4H3. The van der Waals surface area contributed by atoms with Gasteiger partial charge in [0.05, 0.1) is 15.7 Å². The average Bonchev–Trinajstić information content (AvgIpc) is 2.58. The summed E-state index contributed by atoms with van der Waals surface area (Å²) in [5.74, 6) is 0. The molecule has 0 heterocycles. The fourth-order valence-corrected chi connectivity index (χ4v) is 4.62. The van der Waals surface area contributed by atoms with Gasteiger partial charge in [-0.25, -0.2) is 0 Å². The quantitative estimate of drug-likeness (QED) is 0.362. The third kappa shape index (κ3) is 5.24. The van der Waals surface area contributed by atoms with Crippen LogP contribution in [-0.4, -0.2) is 23.6 Å². The molecule has 0 saturated carbocycles. The number of anilines is 2. The van der Waals surface area contributed by atoms with Gasteiger partial charge in [0.25, 0.3) is 0 Å². The molecule has 0 aliphatic heterocycles. The number of benzene rings is 2. The van der Waals surface area contributed by atoms with Gasteiger partial charge in [-0.05, 0) is 42.6 Å². The number of hydrogen-bond donors (Lipinski definition) is 0. The molecule has 0 aromatic heterocycles. The zero-order valence-corrected chi connectivity index (χ0v) is 18.1. The van der Waals surface area contributed by atoms with Crippen molar-refractivity contribution >= 4 is 63.6 Å². The van der Waals surface area contributed by atoms with Gasteiger partial charge in [-0.2, -0.15) is 0 Å². The van der Waals surface area contributed by atoms with Crippen LogP contribution in [0.25, 0.3) is 6.08 Å². The molecule has 0 spiro atoms. The van der Waals surface area contributed by atoms with Crippen LogP contribution in [0.4, 0.5) is 11.4 Å². The number of thioether (sulfide) groups is 1. The number of rotatable bonds is 7. The van der Waals surface area contributed by atoms with Crippen molar-refractivity contribution in [3.05, 3.63) is 74.5 Å². The Morgan fingerprint density at radius 1 is 1.19 bits per heavy atom. The second kappa shape index (κ2) is 9.77. The predicted octanol–water partition coefficient (Wildman–Crippen LogP) is 6.75. The molecule has 0 saturated heterocycles. The van der Waals surface area contributed by atoms with E-state index in [1.807, 2.05) is 61.7 Å². The molecule has 0 bridgehead atoms. The lowest BCUT2D eigenvalue weighted by Gasteiger charge is -2.28. The van der Waals surface area contributed by atoms with Crippen LogP contribution in [-0.2, 0) is 11.2 Å². The largest absolute Gasteiger partial charge is 0.611 e. The zero-order chi connectivity index (χ0) is 19.3. The number of para-hydroxylation sites is 2. The minimum atomic E-state index is -1.05. The summed E-state index contributed by atoms with van der Waals surface area (Å²) >= 11 is 13.4. The Labute approximate surface area is 173 Å². The van der Waals surface area contributed by atoms with Crippen molar-refractivity contribution in [3.8, 4) is 0 Å². The maximum absolute atomic E-state index is 12.0. The summed E-state index contributed by atoms with van der Waals surface area (Å²) in [7, 11) is 0. The average molecular weight is 426 g/mol. The van der Waals surface area contributed by atoms with Crippen LogP contribution in [0.1, 0.15) is 12.5 Å². The lowest BCUT2D eigenvalue weighted by atomic mass is 10.1. The Morgan fingerprint density at radius 3 is 2.35 bits per heavy atom. The van der Waals surface area contributed by atoms with Crippen LogP contribution in [0.15, 0.2) is 58.9 Å². The SMILES string of the molecule is C=C(C)CN(c1ccccc1C=C(SC)[S+](C)[O-])c1c(Cl)cccc1Cl. The maximum atomic E-state index is 12.0. The van der Waals surface area contributed by atoms with E-state index in [1.54, 1.807) is 6.26 Å². The van der Waals surface area contributed by atoms with E-state index in [4.69, 9.17) is 23.2 Å². The Kier molecular flexibility index (Phi) is 7.99. The van der Waals surface area contributed by atoms with Gasteiger partial charge < -0.3 is 9.45 Å². The van der Waals surface area contributed by atoms with Crippen molar-refractivity contribution in [1.82, 2.24) is 0 Å². The molecule has 2 aromatic carbocycles. The molecule has 1 atom stereocenters. The van der Waals surface area contributed by atoms with Gasteiger partial charge in [0.15, 0.2) is 4.24 Å². The van der Waals surface area contributed by atoms with Crippen LogP contribution in [0.3, 0.4) is 0 Å². The molecule has 6 heteroatoms. The van der Waals surface area contributed by atoms with Crippen molar-refractivity contribution in [2.45, 2.75) is 6.92 Å². The van der Waals surface area contributed by atoms with E-state index in [0.717, 1.165) is 26.7 Å². The van der Waals surface area contributed by atoms with E-state index in [9.17, 15) is 4.55 Å². The molecule has 2 aromatic rings. The zero-order valence-electron chi connectivity index (χ0n) is 15.0. The van der Waals surface area contributed by atoms with Gasteiger partial charge >= 0.3 is 0 Å². The van der Waals surface area contributed by atoms with Gasteiger partial charge in [0.1, 0.15) is 6.26 Å². The molecule has 138 valence electrons. The summed E-state index contributed by atoms with van der Waals surface area (Å²) < 4.78 is 12.8. The molecule has 0 fully saturated rings. The maximum Gasteiger partial charge on any atom is 0.186 e. The first-order valence-electron chi connectivity index (χ1n) is 7.89. The smallest absolute Gasteiger partial charge is 0.186 e. The Balaban J connectivity index is 2.66. The molecular weight excluding hydrogens is 405 g/mol. The molecule has 2 rings (SSSR count). The molecule has 26 heavy (non-hydrogen) atoms. The van der Waals surface area contributed by atoms with Crippen LogP contribution < -0.4 is 4.90 Å². The lowest BCUT2D eigenvalue weighted by Crippen LogP contribution is -2.20. The topological polar surface area (TPSA) is 26.3 Å². The third-order valence-electron chi connectivity index (χ3n) is 3.62. The van der Waals surface area contributed by atoms with Gasteiger partial charge in [0, 0.05) is 23.9 Å². The summed E-state index contributed by atoms with van der Waals surface area (Å²) in [6.45, 7) is 6.57. The van der Waals surface area contributed by atoms with Gasteiger partial charge in [-0.15, -0.1) is 0 Å². The highest BCUT2D eigenvalue weighted by Gasteiger charge is 2.19. The molecule has 2 nitrogen and oxygen atoms in total. The van der Waals surface area contributed by atoms with Crippen molar-refractivity contribution < 1.29 is 4.55 Å². The Hall–Kier alpha value is -1.04. The van der Waals surface area contributed by atoms with E-state index >= 15 is 0 Å². The van der Waals surface area contributed by atoms with Crippen molar-refractivity contribution in [3.63, 3.8) is 0 Å². The lowest BCUT2D eigenvalue weighted by molar-refractivity contribution is 0.608. The minimum Gasteiger partial charge on any atom is -0.611 e. The summed E-state index contributed by atoms with van der Waals surface area (Å²) in [6, 6.07) is 13.4. The number of hydrogen-bond acceptors (Lipinski definition) is 3. The molecule has 0 aliphatic rings. The van der Waals surface area contributed by atoms with Crippen LogP contribution in [0.2, 0.25) is 10.0 Å². The van der Waals surface area contributed by atoms with Crippen molar-refractivity contribution in [2.24, 2.45) is 0 Å². The first-order chi connectivity index (χ1) is 12.3. The van der Waals surface area contributed by atoms with E-state index in [-0.39, 0.29) is 0 Å². The monoisotopic (exact) mass is 425 g/mol. The van der Waals surface area contributed by atoms with Gasteiger partial charge in [-0.3, -0.25) is 0 Å². The summed E-state index contributed by atoms with van der Waals surface area (Å²) in [4.78, 5) is 2.05. The number of nitrogens with zero attached hydrogens (tertiary/aromatic N) is 1. The Morgan fingerprint density at radius 2 is 1.81 bits per heavy atom. The molecule has 1 unspecified atom stereocenters. The summed E-state index contributed by atoms with van der Waals surface area (Å²) in [5.41, 5.74) is 3.60. The molecule has 0 N–H and O–H groups in total. The van der Waals surface area contributed by atoms with Crippen molar-refractivity contribution in [2.75, 3.05) is 24.0 Å². The molecule has 0 radical (unpaired) electrons.